The standard InChI is InChI=1S/C13H10FNO3S2/c14-8-3-4-9(13(17)18)10(6-8)15-11(16)7-20-12-2-1-5-19-12/h1-6H,7H2,(H,15,16)(H,17,18). The predicted molar refractivity (Wildman–Crippen MR) is 77.0 cm³/mol. The van der Waals surface area contributed by atoms with Gasteiger partial charge in [-0.15, -0.1) is 23.1 Å². The first-order valence-corrected chi connectivity index (χ1v) is 7.42. The number of carboxylic acids is 1. The van der Waals surface area contributed by atoms with E-state index in [2.05, 4.69) is 5.32 Å². The predicted octanol–water partition coefficient (Wildman–Crippen LogP) is 3.32. The molecule has 0 aliphatic rings. The number of hydrogen-bond acceptors (Lipinski definition) is 4. The lowest BCUT2D eigenvalue weighted by Crippen LogP contribution is -2.16. The minimum Gasteiger partial charge on any atom is -0.478 e. The van der Waals surface area contributed by atoms with Crippen molar-refractivity contribution in [3.05, 3.63) is 47.1 Å². The molecule has 7 heteroatoms. The highest BCUT2D eigenvalue weighted by molar-refractivity contribution is 8.01. The van der Waals surface area contributed by atoms with Crippen LogP contribution in [-0.2, 0) is 4.79 Å². The van der Waals surface area contributed by atoms with Gasteiger partial charge in [-0.3, -0.25) is 4.79 Å². The number of rotatable bonds is 5. The maximum atomic E-state index is 13.1. The zero-order valence-corrected chi connectivity index (χ0v) is 11.8. The number of nitrogens with one attached hydrogen (secondary N) is 1. The number of carbonyl (C=O) groups excluding carboxylic acids is 1. The molecule has 2 rings (SSSR count). The Balaban J connectivity index is 2.03. The number of thiophene rings is 1. The van der Waals surface area contributed by atoms with E-state index in [4.69, 9.17) is 5.11 Å². The zero-order chi connectivity index (χ0) is 14.5. The minimum atomic E-state index is -1.22. The number of carboxylic acid groups (broad SMARTS) is 1. The van der Waals surface area contributed by atoms with Crippen LogP contribution in [0, 0.1) is 5.82 Å². The molecule has 1 heterocycles. The summed E-state index contributed by atoms with van der Waals surface area (Å²) in [5, 5.41) is 13.3. The molecule has 0 saturated heterocycles. The topological polar surface area (TPSA) is 66.4 Å². The van der Waals surface area contributed by atoms with Crippen molar-refractivity contribution < 1.29 is 19.1 Å². The second-order valence-electron chi connectivity index (χ2n) is 3.76. The first-order chi connectivity index (χ1) is 9.56. The summed E-state index contributed by atoms with van der Waals surface area (Å²) in [6, 6.07) is 6.92. The van der Waals surface area contributed by atoms with Crippen molar-refractivity contribution in [1.82, 2.24) is 0 Å². The fourth-order valence-electron chi connectivity index (χ4n) is 1.47. The molecule has 1 aromatic heterocycles. The molecule has 0 saturated carbocycles. The van der Waals surface area contributed by atoms with Crippen molar-refractivity contribution >= 4 is 40.7 Å². The van der Waals surface area contributed by atoms with E-state index in [-0.39, 0.29) is 22.9 Å². The van der Waals surface area contributed by atoms with Crippen LogP contribution < -0.4 is 5.32 Å². The van der Waals surface area contributed by atoms with Crippen LogP contribution in [0.5, 0.6) is 0 Å². The van der Waals surface area contributed by atoms with Gasteiger partial charge in [0.2, 0.25) is 5.91 Å². The molecule has 20 heavy (non-hydrogen) atoms. The molecule has 0 spiro atoms. The average molecular weight is 311 g/mol. The van der Waals surface area contributed by atoms with E-state index in [1.54, 1.807) is 0 Å². The van der Waals surface area contributed by atoms with E-state index in [0.29, 0.717) is 0 Å². The number of benzene rings is 1. The molecule has 0 unspecified atom stereocenters. The van der Waals surface area contributed by atoms with Gasteiger partial charge in [-0.25, -0.2) is 9.18 Å². The summed E-state index contributed by atoms with van der Waals surface area (Å²) >= 11 is 2.85. The summed E-state index contributed by atoms with van der Waals surface area (Å²) in [6.07, 6.45) is 0. The molecule has 1 amide bonds. The molecule has 2 N–H and O–H groups in total. The van der Waals surface area contributed by atoms with Gasteiger partial charge in [0, 0.05) is 0 Å². The van der Waals surface area contributed by atoms with Crippen LogP contribution in [0.25, 0.3) is 0 Å². The zero-order valence-electron chi connectivity index (χ0n) is 10.1. The van der Waals surface area contributed by atoms with Crippen LogP contribution >= 0.6 is 23.1 Å². The maximum Gasteiger partial charge on any atom is 0.337 e. The highest BCUT2D eigenvalue weighted by Crippen LogP contribution is 2.24. The third kappa shape index (κ3) is 3.82. The van der Waals surface area contributed by atoms with Gasteiger partial charge in [0.25, 0.3) is 0 Å². The Hall–Kier alpha value is -1.86. The first kappa shape index (κ1) is 14.5. The molecule has 0 radical (unpaired) electrons. The Kier molecular flexibility index (Phi) is 4.75. The monoisotopic (exact) mass is 311 g/mol. The fourth-order valence-corrected chi connectivity index (χ4v) is 3.06. The summed E-state index contributed by atoms with van der Waals surface area (Å²) in [6.45, 7) is 0. The van der Waals surface area contributed by atoms with Crippen molar-refractivity contribution in [2.24, 2.45) is 0 Å². The minimum absolute atomic E-state index is 0.0331. The summed E-state index contributed by atoms with van der Waals surface area (Å²) in [7, 11) is 0. The average Bonchev–Trinajstić information content (AvgIpc) is 2.89. The molecule has 0 atom stereocenters. The Labute approximate surface area is 122 Å². The Morgan fingerprint density at radius 3 is 2.80 bits per heavy atom. The molecular weight excluding hydrogens is 301 g/mol. The van der Waals surface area contributed by atoms with Crippen LogP contribution in [0.2, 0.25) is 0 Å². The highest BCUT2D eigenvalue weighted by Gasteiger charge is 2.13. The van der Waals surface area contributed by atoms with E-state index in [1.165, 1.54) is 23.1 Å². The molecule has 1 aromatic carbocycles. The lowest BCUT2D eigenvalue weighted by atomic mass is 10.1. The van der Waals surface area contributed by atoms with Crippen molar-refractivity contribution in [3.8, 4) is 0 Å². The molecular formula is C13H10FNO3S2. The van der Waals surface area contributed by atoms with Crippen LogP contribution in [0.3, 0.4) is 0 Å². The number of hydrogen-bond donors (Lipinski definition) is 2. The van der Waals surface area contributed by atoms with E-state index < -0.39 is 11.8 Å². The molecule has 0 fully saturated rings. The second kappa shape index (κ2) is 6.53. The van der Waals surface area contributed by atoms with Crippen LogP contribution in [0.1, 0.15) is 10.4 Å². The number of thioether (sulfide) groups is 1. The number of halogens is 1. The largest absolute Gasteiger partial charge is 0.478 e. The lowest BCUT2D eigenvalue weighted by molar-refractivity contribution is -0.113. The summed E-state index contributed by atoms with van der Waals surface area (Å²) in [5.74, 6) is -2.06. The van der Waals surface area contributed by atoms with E-state index in [9.17, 15) is 14.0 Å². The number of aromatic carboxylic acids is 1. The van der Waals surface area contributed by atoms with Crippen molar-refractivity contribution in [2.75, 3.05) is 11.1 Å². The van der Waals surface area contributed by atoms with Crippen molar-refractivity contribution in [2.45, 2.75) is 4.21 Å². The third-order valence-corrected chi connectivity index (χ3v) is 4.46. The van der Waals surface area contributed by atoms with Gasteiger partial charge >= 0.3 is 5.97 Å². The van der Waals surface area contributed by atoms with E-state index >= 15 is 0 Å². The van der Waals surface area contributed by atoms with Crippen LogP contribution in [-0.4, -0.2) is 22.7 Å². The number of amides is 1. The Morgan fingerprint density at radius 2 is 2.15 bits per heavy atom. The fraction of sp³-hybridized carbons (Fsp3) is 0.0769. The smallest absolute Gasteiger partial charge is 0.337 e. The Bertz CT molecular complexity index is 629. The first-order valence-electron chi connectivity index (χ1n) is 5.55. The SMILES string of the molecule is O=C(CSc1cccs1)Nc1cc(F)ccc1C(=O)O. The molecule has 104 valence electrons. The van der Waals surface area contributed by atoms with E-state index in [1.807, 2.05) is 17.5 Å². The number of carbonyl (C=O) groups is 2. The quantitative estimate of drug-likeness (QED) is 0.831. The van der Waals surface area contributed by atoms with Gasteiger partial charge in [-0.05, 0) is 29.6 Å². The van der Waals surface area contributed by atoms with Crippen molar-refractivity contribution in [1.29, 1.82) is 0 Å². The molecule has 2 aromatic rings. The van der Waals surface area contributed by atoms with Crippen LogP contribution in [0.15, 0.2) is 39.9 Å². The second-order valence-corrected chi connectivity index (χ2v) is 5.99. The molecule has 0 aliphatic carbocycles. The van der Waals surface area contributed by atoms with Gasteiger partial charge in [0.15, 0.2) is 0 Å². The normalized spacial score (nSPS) is 10.2. The molecule has 0 aliphatic heterocycles. The Morgan fingerprint density at radius 1 is 1.35 bits per heavy atom. The molecule has 0 bridgehead atoms. The summed E-state index contributed by atoms with van der Waals surface area (Å²) in [4.78, 5) is 22.7. The van der Waals surface area contributed by atoms with Gasteiger partial charge in [0.1, 0.15) is 5.82 Å². The lowest BCUT2D eigenvalue weighted by Gasteiger charge is -2.08. The van der Waals surface area contributed by atoms with Gasteiger partial charge in [0.05, 0.1) is 21.2 Å². The van der Waals surface area contributed by atoms with Gasteiger partial charge < -0.3 is 10.4 Å². The third-order valence-electron chi connectivity index (χ3n) is 2.33. The maximum absolute atomic E-state index is 13.1. The van der Waals surface area contributed by atoms with Gasteiger partial charge in [-0.1, -0.05) is 6.07 Å². The van der Waals surface area contributed by atoms with Gasteiger partial charge in [-0.2, -0.15) is 0 Å². The summed E-state index contributed by atoms with van der Waals surface area (Å²) in [5.41, 5.74) is -0.171. The van der Waals surface area contributed by atoms with Crippen LogP contribution in [0.4, 0.5) is 10.1 Å². The summed E-state index contributed by atoms with van der Waals surface area (Å²) < 4.78 is 14.1. The highest BCUT2D eigenvalue weighted by atomic mass is 32.2. The molecule has 4 nitrogen and oxygen atoms in total. The number of anilines is 1. The van der Waals surface area contributed by atoms with Crippen molar-refractivity contribution in [3.63, 3.8) is 0 Å². The van der Waals surface area contributed by atoms with E-state index in [0.717, 1.165) is 22.4 Å².